The van der Waals surface area contributed by atoms with E-state index in [1.165, 1.54) is 26.2 Å². The second-order valence-corrected chi connectivity index (χ2v) is 5.52. The number of fused-ring (bicyclic) bond motifs is 2. The van der Waals surface area contributed by atoms with Crippen molar-refractivity contribution in [1.29, 1.82) is 0 Å². The van der Waals surface area contributed by atoms with E-state index in [-0.39, 0.29) is 11.4 Å². The minimum atomic E-state index is -0.190. The molecule has 1 fully saturated rings. The lowest BCUT2D eigenvalue weighted by Crippen LogP contribution is -2.23. The molecule has 14 heavy (non-hydrogen) atoms. The summed E-state index contributed by atoms with van der Waals surface area (Å²) in [4.78, 5) is 10.9. The summed E-state index contributed by atoms with van der Waals surface area (Å²) in [5.74, 6) is 0.705. The van der Waals surface area contributed by atoms with Gasteiger partial charge in [-0.25, -0.2) is 0 Å². The second-order valence-electron chi connectivity index (χ2n) is 5.52. The van der Waals surface area contributed by atoms with E-state index in [0.29, 0.717) is 5.41 Å². The maximum atomic E-state index is 10.9. The molecule has 2 bridgehead atoms. The average Bonchev–Trinajstić information content (AvgIpc) is 2.18. The van der Waals surface area contributed by atoms with Gasteiger partial charge in [-0.1, -0.05) is 13.8 Å². The van der Waals surface area contributed by atoms with Crippen molar-refractivity contribution in [3.05, 3.63) is 11.8 Å². The SMILES string of the molecule is CC(=O)OC1=CC2(C)CCC(C)(C1)C2. The Morgan fingerprint density at radius 1 is 1.43 bits per heavy atom. The number of ether oxygens (including phenoxy) is 1. The number of rotatable bonds is 1. The zero-order valence-corrected chi connectivity index (χ0v) is 9.22. The van der Waals surface area contributed by atoms with E-state index in [1.807, 2.05) is 0 Å². The molecule has 1 saturated carbocycles. The summed E-state index contributed by atoms with van der Waals surface area (Å²) < 4.78 is 5.22. The third-order valence-electron chi connectivity index (χ3n) is 3.52. The van der Waals surface area contributed by atoms with Crippen molar-refractivity contribution in [3.8, 4) is 0 Å². The van der Waals surface area contributed by atoms with Gasteiger partial charge in [0.15, 0.2) is 0 Å². The summed E-state index contributed by atoms with van der Waals surface area (Å²) in [5.41, 5.74) is 0.645. The van der Waals surface area contributed by atoms with Crippen LogP contribution in [0, 0.1) is 10.8 Å². The van der Waals surface area contributed by atoms with Gasteiger partial charge in [-0.05, 0) is 36.2 Å². The summed E-state index contributed by atoms with van der Waals surface area (Å²) in [5, 5.41) is 0. The van der Waals surface area contributed by atoms with Gasteiger partial charge in [0.2, 0.25) is 0 Å². The van der Waals surface area contributed by atoms with Crippen LogP contribution in [-0.4, -0.2) is 5.97 Å². The highest BCUT2D eigenvalue weighted by molar-refractivity contribution is 5.67. The van der Waals surface area contributed by atoms with E-state index in [9.17, 15) is 4.79 Å². The van der Waals surface area contributed by atoms with Gasteiger partial charge in [-0.15, -0.1) is 0 Å². The monoisotopic (exact) mass is 194 g/mol. The van der Waals surface area contributed by atoms with Crippen LogP contribution >= 0.6 is 0 Å². The number of carbonyl (C=O) groups is 1. The lowest BCUT2D eigenvalue weighted by atomic mass is 9.74. The van der Waals surface area contributed by atoms with Crippen molar-refractivity contribution in [2.24, 2.45) is 10.8 Å². The maximum absolute atomic E-state index is 10.9. The fourth-order valence-corrected chi connectivity index (χ4v) is 3.12. The maximum Gasteiger partial charge on any atom is 0.307 e. The van der Waals surface area contributed by atoms with Crippen molar-refractivity contribution in [2.45, 2.75) is 46.5 Å². The van der Waals surface area contributed by atoms with Crippen LogP contribution in [0.3, 0.4) is 0 Å². The first kappa shape index (κ1) is 9.75. The Balaban J connectivity index is 2.21. The Labute approximate surface area is 85.3 Å². The van der Waals surface area contributed by atoms with E-state index in [2.05, 4.69) is 19.9 Å². The largest absolute Gasteiger partial charge is 0.432 e. The van der Waals surface area contributed by atoms with Crippen LogP contribution in [-0.2, 0) is 9.53 Å². The molecule has 0 saturated heterocycles. The predicted molar refractivity (Wildman–Crippen MR) is 54.5 cm³/mol. The summed E-state index contributed by atoms with van der Waals surface area (Å²) in [6.45, 7) is 6.04. The lowest BCUT2D eigenvalue weighted by Gasteiger charge is -2.33. The molecule has 2 heteroatoms. The van der Waals surface area contributed by atoms with Crippen molar-refractivity contribution in [1.82, 2.24) is 0 Å². The van der Waals surface area contributed by atoms with E-state index in [0.717, 1.165) is 12.2 Å². The quantitative estimate of drug-likeness (QED) is 0.600. The summed E-state index contributed by atoms with van der Waals surface area (Å²) in [7, 11) is 0. The summed E-state index contributed by atoms with van der Waals surface area (Å²) >= 11 is 0. The van der Waals surface area contributed by atoms with Gasteiger partial charge < -0.3 is 4.74 Å². The van der Waals surface area contributed by atoms with E-state index >= 15 is 0 Å². The Morgan fingerprint density at radius 2 is 2.14 bits per heavy atom. The highest BCUT2D eigenvalue weighted by atomic mass is 16.5. The average molecular weight is 194 g/mol. The highest BCUT2D eigenvalue weighted by Crippen LogP contribution is 2.56. The fraction of sp³-hybridized carbons (Fsp3) is 0.750. The van der Waals surface area contributed by atoms with E-state index in [4.69, 9.17) is 4.74 Å². The van der Waals surface area contributed by atoms with Crippen LogP contribution in [0.5, 0.6) is 0 Å². The molecule has 0 radical (unpaired) electrons. The van der Waals surface area contributed by atoms with Gasteiger partial charge in [-0.3, -0.25) is 4.79 Å². The number of esters is 1. The summed E-state index contributed by atoms with van der Waals surface area (Å²) in [6, 6.07) is 0. The lowest BCUT2D eigenvalue weighted by molar-refractivity contribution is -0.137. The van der Waals surface area contributed by atoms with Crippen molar-refractivity contribution < 1.29 is 9.53 Å². The van der Waals surface area contributed by atoms with Crippen LogP contribution < -0.4 is 0 Å². The Morgan fingerprint density at radius 3 is 2.71 bits per heavy atom. The van der Waals surface area contributed by atoms with E-state index in [1.54, 1.807) is 0 Å². The Bertz CT molecular complexity index is 305. The number of hydrogen-bond acceptors (Lipinski definition) is 2. The first-order chi connectivity index (χ1) is 6.41. The topological polar surface area (TPSA) is 26.3 Å². The van der Waals surface area contributed by atoms with Gasteiger partial charge in [0.05, 0.1) is 0 Å². The standard InChI is InChI=1S/C12H18O2/c1-9(13)14-10-6-11(2)4-5-12(3,7-10)8-11/h6H,4-5,7-8H2,1-3H3. The molecule has 0 heterocycles. The smallest absolute Gasteiger partial charge is 0.307 e. The first-order valence-corrected chi connectivity index (χ1v) is 5.31. The normalized spacial score (nSPS) is 40.6. The van der Waals surface area contributed by atoms with Crippen molar-refractivity contribution >= 4 is 5.97 Å². The number of hydrogen-bond donors (Lipinski definition) is 0. The number of carbonyl (C=O) groups excluding carboxylic acids is 1. The van der Waals surface area contributed by atoms with Crippen LogP contribution in [0.2, 0.25) is 0 Å². The molecule has 0 amide bonds. The van der Waals surface area contributed by atoms with Crippen molar-refractivity contribution in [3.63, 3.8) is 0 Å². The zero-order valence-electron chi connectivity index (χ0n) is 9.22. The van der Waals surface area contributed by atoms with Gasteiger partial charge in [0.25, 0.3) is 0 Å². The Hall–Kier alpha value is -0.790. The van der Waals surface area contributed by atoms with Crippen LogP contribution in [0.25, 0.3) is 0 Å². The molecule has 0 aliphatic heterocycles. The molecule has 0 aromatic carbocycles. The molecule has 2 unspecified atom stereocenters. The van der Waals surface area contributed by atoms with E-state index < -0.39 is 0 Å². The second kappa shape index (κ2) is 2.85. The zero-order chi connectivity index (χ0) is 10.4. The third-order valence-corrected chi connectivity index (χ3v) is 3.52. The molecule has 2 atom stereocenters. The molecule has 0 aromatic rings. The van der Waals surface area contributed by atoms with Gasteiger partial charge in [0.1, 0.15) is 5.76 Å². The van der Waals surface area contributed by atoms with Gasteiger partial charge >= 0.3 is 5.97 Å². The predicted octanol–water partition coefficient (Wildman–Crippen LogP) is 3.03. The molecule has 0 aromatic heterocycles. The summed E-state index contributed by atoms with van der Waals surface area (Å²) in [6.07, 6.45) is 6.83. The molecule has 0 N–H and O–H groups in total. The van der Waals surface area contributed by atoms with Gasteiger partial charge in [-0.2, -0.15) is 0 Å². The fourth-order valence-electron chi connectivity index (χ4n) is 3.12. The minimum Gasteiger partial charge on any atom is -0.432 e. The third kappa shape index (κ3) is 1.70. The van der Waals surface area contributed by atoms with Crippen LogP contribution in [0.4, 0.5) is 0 Å². The van der Waals surface area contributed by atoms with Crippen LogP contribution in [0.1, 0.15) is 46.5 Å². The van der Waals surface area contributed by atoms with Gasteiger partial charge in [0, 0.05) is 13.3 Å². The molecule has 78 valence electrons. The van der Waals surface area contributed by atoms with Crippen molar-refractivity contribution in [2.75, 3.05) is 0 Å². The molecule has 2 aliphatic carbocycles. The molecule has 0 spiro atoms. The molecule has 2 nitrogen and oxygen atoms in total. The molecular formula is C12H18O2. The molecule has 2 aliphatic rings. The highest BCUT2D eigenvalue weighted by Gasteiger charge is 2.46. The van der Waals surface area contributed by atoms with Crippen LogP contribution in [0.15, 0.2) is 11.8 Å². The molecular weight excluding hydrogens is 176 g/mol. The molecule has 2 rings (SSSR count). The Kier molecular flexibility index (Phi) is 1.98. The number of allylic oxidation sites excluding steroid dienone is 2. The minimum absolute atomic E-state index is 0.190. The first-order valence-electron chi connectivity index (χ1n) is 5.31.